The molecule has 0 aliphatic carbocycles. The zero-order valence-electron chi connectivity index (χ0n) is 15.5. The summed E-state index contributed by atoms with van der Waals surface area (Å²) in [5.74, 6) is 2.55. The fraction of sp³-hybridized carbons (Fsp3) is 0.667. The van der Waals surface area contributed by atoms with Gasteiger partial charge in [0.15, 0.2) is 0 Å². The van der Waals surface area contributed by atoms with Crippen molar-refractivity contribution < 1.29 is 4.90 Å². The number of piperidine rings is 1. The summed E-state index contributed by atoms with van der Waals surface area (Å²) < 4.78 is 1.84. The second kappa shape index (κ2) is 6.42. The van der Waals surface area contributed by atoms with Crippen molar-refractivity contribution in [3.63, 3.8) is 0 Å². The molecular formula is C18H26N7S+. The predicted octanol–water partition coefficient (Wildman–Crippen LogP) is 1.32. The first-order chi connectivity index (χ1) is 12.7. The molecule has 1 N–H and O–H groups in total. The third kappa shape index (κ3) is 2.58. The molecule has 1 fully saturated rings. The van der Waals surface area contributed by atoms with Gasteiger partial charge in [-0.3, -0.25) is 0 Å². The van der Waals surface area contributed by atoms with E-state index < -0.39 is 0 Å². The third-order valence-corrected chi connectivity index (χ3v) is 7.18. The number of quaternary nitrogens is 1. The summed E-state index contributed by atoms with van der Waals surface area (Å²) in [6, 6.07) is 0. The van der Waals surface area contributed by atoms with Gasteiger partial charge in [0.2, 0.25) is 0 Å². The van der Waals surface area contributed by atoms with Gasteiger partial charge in [-0.25, -0.2) is 0 Å². The van der Waals surface area contributed by atoms with Crippen molar-refractivity contribution in [3.05, 3.63) is 10.4 Å². The van der Waals surface area contributed by atoms with E-state index in [-0.39, 0.29) is 0 Å². The second-order valence-corrected chi connectivity index (χ2v) is 8.94. The Morgan fingerprint density at radius 3 is 2.92 bits per heavy atom. The highest BCUT2D eigenvalue weighted by atomic mass is 32.1. The minimum atomic E-state index is 0.627. The molecule has 7 nitrogen and oxygen atoms in total. The van der Waals surface area contributed by atoms with Crippen molar-refractivity contribution in [1.82, 2.24) is 25.0 Å². The van der Waals surface area contributed by atoms with Crippen LogP contribution in [-0.4, -0.2) is 51.2 Å². The van der Waals surface area contributed by atoms with Gasteiger partial charge in [0, 0.05) is 19.5 Å². The molecule has 2 aliphatic rings. The van der Waals surface area contributed by atoms with Crippen LogP contribution in [0.15, 0.2) is 0 Å². The first kappa shape index (κ1) is 16.4. The van der Waals surface area contributed by atoms with Gasteiger partial charge in [0.1, 0.15) is 17.2 Å². The molecule has 1 atom stereocenters. The van der Waals surface area contributed by atoms with Gasteiger partial charge in [-0.15, -0.1) is 11.3 Å². The fourth-order valence-electron chi connectivity index (χ4n) is 4.45. The largest absolute Gasteiger partial charge is 0.356 e. The van der Waals surface area contributed by atoms with Crippen molar-refractivity contribution >= 4 is 33.1 Å². The number of hydrogen-bond acceptors (Lipinski definition) is 6. The third-order valence-electron chi connectivity index (χ3n) is 5.97. The number of tetrazole rings is 1. The van der Waals surface area contributed by atoms with E-state index in [4.69, 9.17) is 4.98 Å². The highest BCUT2D eigenvalue weighted by Crippen LogP contribution is 2.38. The van der Waals surface area contributed by atoms with Crippen LogP contribution in [-0.2, 0) is 13.0 Å². The lowest BCUT2D eigenvalue weighted by atomic mass is 9.98. The van der Waals surface area contributed by atoms with Crippen LogP contribution in [0.5, 0.6) is 0 Å². The topological polar surface area (TPSA) is 63.7 Å². The van der Waals surface area contributed by atoms with Gasteiger partial charge >= 0.3 is 0 Å². The summed E-state index contributed by atoms with van der Waals surface area (Å²) in [5, 5.41) is 13.6. The van der Waals surface area contributed by atoms with Gasteiger partial charge in [-0.05, 0) is 41.2 Å². The van der Waals surface area contributed by atoms with Gasteiger partial charge in [0.05, 0.1) is 23.4 Å². The van der Waals surface area contributed by atoms with Gasteiger partial charge in [-0.2, -0.15) is 9.50 Å². The van der Waals surface area contributed by atoms with Crippen LogP contribution >= 0.6 is 11.3 Å². The van der Waals surface area contributed by atoms with Gasteiger partial charge in [0.25, 0.3) is 5.78 Å². The summed E-state index contributed by atoms with van der Waals surface area (Å²) in [5.41, 5.74) is 1.50. The van der Waals surface area contributed by atoms with Crippen molar-refractivity contribution in [2.24, 2.45) is 5.92 Å². The Labute approximate surface area is 157 Å². The minimum absolute atomic E-state index is 0.627. The number of thiophene rings is 1. The zero-order valence-corrected chi connectivity index (χ0v) is 16.3. The van der Waals surface area contributed by atoms with Crippen LogP contribution in [0.2, 0.25) is 0 Å². The summed E-state index contributed by atoms with van der Waals surface area (Å²) in [6.45, 7) is 10.4. The Morgan fingerprint density at radius 2 is 2.12 bits per heavy atom. The van der Waals surface area contributed by atoms with E-state index >= 15 is 0 Å². The van der Waals surface area contributed by atoms with Gasteiger partial charge in [-0.1, -0.05) is 18.9 Å². The number of nitrogens with one attached hydrogen (secondary N) is 1. The molecule has 1 saturated heterocycles. The van der Waals surface area contributed by atoms with E-state index in [0.29, 0.717) is 5.78 Å². The zero-order chi connectivity index (χ0) is 17.7. The van der Waals surface area contributed by atoms with Crippen LogP contribution in [0.3, 0.4) is 0 Å². The lowest BCUT2D eigenvalue weighted by molar-refractivity contribution is -0.915. The molecule has 5 heterocycles. The number of fused-ring (bicyclic) bond motifs is 5. The number of aromatic nitrogens is 5. The van der Waals surface area contributed by atoms with E-state index in [2.05, 4.69) is 34.3 Å². The Hall–Kier alpha value is -1.80. The average molecular weight is 373 g/mol. The van der Waals surface area contributed by atoms with Crippen LogP contribution in [0.25, 0.3) is 16.0 Å². The summed E-state index contributed by atoms with van der Waals surface area (Å²) in [4.78, 5) is 11.7. The molecule has 3 aromatic heterocycles. The van der Waals surface area contributed by atoms with E-state index in [1.807, 2.05) is 15.9 Å². The van der Waals surface area contributed by atoms with Crippen molar-refractivity contribution in [2.75, 3.05) is 31.1 Å². The number of anilines is 1. The van der Waals surface area contributed by atoms with Crippen LogP contribution in [0, 0.1) is 5.92 Å². The van der Waals surface area contributed by atoms with E-state index in [0.717, 1.165) is 37.8 Å². The molecule has 26 heavy (non-hydrogen) atoms. The molecule has 8 heteroatoms. The lowest BCUT2D eigenvalue weighted by Gasteiger charge is -2.32. The summed E-state index contributed by atoms with van der Waals surface area (Å²) in [6.07, 6.45) is 4.85. The van der Waals surface area contributed by atoms with E-state index in [1.165, 1.54) is 53.0 Å². The molecule has 1 unspecified atom stereocenters. The number of hydrogen-bond donors (Lipinski definition) is 1. The fourth-order valence-corrected chi connectivity index (χ4v) is 5.81. The number of nitrogens with zero attached hydrogens (tertiary/aromatic N) is 6. The summed E-state index contributed by atoms with van der Waals surface area (Å²) in [7, 11) is 0. The summed E-state index contributed by atoms with van der Waals surface area (Å²) >= 11 is 1.88. The van der Waals surface area contributed by atoms with Crippen molar-refractivity contribution in [1.29, 1.82) is 0 Å². The normalized spacial score (nSPS) is 21.6. The van der Waals surface area contributed by atoms with Crippen molar-refractivity contribution in [2.45, 2.75) is 46.1 Å². The standard InChI is InChI=1S/C18H25N7S/c1-3-7-23-8-6-13-14(11-23)26-17-15(13)16(19-18-20-21-22-25(17)18)24-9-4-12(2)5-10-24/h12H,3-11H2,1-2H3/p+1. The smallest absolute Gasteiger partial charge is 0.276 e. The minimum Gasteiger partial charge on any atom is -0.356 e. The lowest BCUT2D eigenvalue weighted by Crippen LogP contribution is -3.11. The Kier molecular flexibility index (Phi) is 4.04. The highest BCUT2D eigenvalue weighted by molar-refractivity contribution is 7.19. The maximum Gasteiger partial charge on any atom is 0.276 e. The molecule has 0 bridgehead atoms. The maximum absolute atomic E-state index is 4.90. The van der Waals surface area contributed by atoms with Crippen LogP contribution in [0.4, 0.5) is 5.82 Å². The maximum atomic E-state index is 4.90. The first-order valence-corrected chi connectivity index (χ1v) is 10.7. The average Bonchev–Trinajstić information content (AvgIpc) is 3.25. The quantitative estimate of drug-likeness (QED) is 0.751. The molecule has 0 saturated carbocycles. The first-order valence-electron chi connectivity index (χ1n) is 9.85. The van der Waals surface area contributed by atoms with E-state index in [9.17, 15) is 0 Å². The molecule has 3 aromatic rings. The Balaban J connectivity index is 1.66. The monoisotopic (exact) mass is 372 g/mol. The Bertz CT molecular complexity index is 938. The number of rotatable bonds is 3. The molecule has 0 spiro atoms. The Morgan fingerprint density at radius 1 is 1.27 bits per heavy atom. The van der Waals surface area contributed by atoms with Crippen LogP contribution in [0.1, 0.15) is 43.6 Å². The van der Waals surface area contributed by atoms with Gasteiger partial charge < -0.3 is 9.80 Å². The molecule has 0 aromatic carbocycles. The molecular weight excluding hydrogens is 346 g/mol. The van der Waals surface area contributed by atoms with Crippen LogP contribution < -0.4 is 9.80 Å². The molecule has 0 radical (unpaired) electrons. The predicted molar refractivity (Wildman–Crippen MR) is 103 cm³/mol. The molecule has 138 valence electrons. The molecule has 2 aliphatic heterocycles. The molecule has 5 rings (SSSR count). The second-order valence-electron chi connectivity index (χ2n) is 7.86. The highest BCUT2D eigenvalue weighted by Gasteiger charge is 2.29. The molecule has 0 amide bonds. The van der Waals surface area contributed by atoms with E-state index in [1.54, 1.807) is 4.90 Å². The SMILES string of the molecule is CCC[NH+]1CCc2c(sc3c2c(N2CCC(C)CC2)nc2nnnn23)C1. The van der Waals surface area contributed by atoms with Crippen molar-refractivity contribution in [3.8, 4) is 0 Å².